The summed E-state index contributed by atoms with van der Waals surface area (Å²) in [6, 6.07) is 0. The Hall–Kier alpha value is 2.42. The van der Waals surface area contributed by atoms with Crippen LogP contribution in [0.3, 0.4) is 0 Å². The molecule has 0 fully saturated rings. The zero-order chi connectivity index (χ0) is 4.50. The summed E-state index contributed by atoms with van der Waals surface area (Å²) in [4.78, 5) is 25.6. The molecule has 32 valence electrons. The molecule has 0 bridgehead atoms. The van der Waals surface area contributed by atoms with Crippen molar-refractivity contribution in [2.75, 3.05) is 0 Å². The van der Waals surface area contributed by atoms with E-state index in [0.29, 0.717) is 0 Å². The van der Waals surface area contributed by atoms with Crippen LogP contribution in [0.25, 0.3) is 0 Å². The average molecular weight is 325 g/mol. The number of hydrogen-bond donors (Lipinski definition) is 0. The molecular weight excluding hydrogens is 325 g/mol. The van der Waals surface area contributed by atoms with Crippen LogP contribution in [0.4, 0.5) is 0 Å². The second-order valence-corrected chi connectivity index (χ2v) is 1.34. The molecule has 0 aromatic carbocycles. The van der Waals surface area contributed by atoms with E-state index in [1.807, 2.05) is 0 Å². The summed E-state index contributed by atoms with van der Waals surface area (Å²) < 4.78 is 8.55. The first-order valence-corrected chi connectivity index (χ1v) is 2.19. The Balaban J connectivity index is -0.0000000800. The van der Waals surface area contributed by atoms with Crippen molar-refractivity contribution in [1.29, 1.82) is 0 Å². The van der Waals surface area contributed by atoms with Crippen LogP contribution >= 0.6 is 7.82 Å². The minimum atomic E-state index is -5.39. The molecule has 0 saturated carbocycles. The molecule has 7 heavy (non-hydrogen) atoms. The molecule has 0 spiro atoms. The largest absolute Gasteiger partial charge is 5.00 e. The fourth-order valence-corrected chi connectivity index (χ4v) is 0. The Kier molecular flexibility index (Phi) is 15.1. The van der Waals surface area contributed by atoms with Gasteiger partial charge in [0.1, 0.15) is 0 Å². The van der Waals surface area contributed by atoms with Crippen molar-refractivity contribution in [2.24, 2.45) is 0 Å². The predicted molar refractivity (Wildman–Crippen MR) is 13.4 cm³/mol. The van der Waals surface area contributed by atoms with Crippen LogP contribution < -0.4 is 14.7 Å². The Morgan fingerprint density at radius 3 is 1.14 bits per heavy atom. The van der Waals surface area contributed by atoms with Gasteiger partial charge in [-0.3, -0.25) is 0 Å². The fourth-order valence-electron chi connectivity index (χ4n) is 0. The zero-order valence-corrected chi connectivity index (χ0v) is 10.8. The van der Waals surface area contributed by atoms with Crippen LogP contribution in [-0.2, 0) is 26.9 Å². The number of rotatable bonds is 0. The molecule has 0 aliphatic carbocycles. The van der Waals surface area contributed by atoms with E-state index in [1.54, 1.807) is 0 Å². The summed E-state index contributed by atoms with van der Waals surface area (Å²) in [6.45, 7) is 0. The zero-order valence-electron chi connectivity index (χ0n) is 3.23. The van der Waals surface area contributed by atoms with Crippen molar-refractivity contribution >= 4 is 56.7 Å². The molecule has 4 nitrogen and oxygen atoms in total. The monoisotopic (exact) mass is 326 g/mol. The van der Waals surface area contributed by atoms with Gasteiger partial charge in [-0.1, -0.05) is 0 Å². The van der Waals surface area contributed by atoms with Gasteiger partial charge in [-0.25, -0.2) is 0 Å². The van der Waals surface area contributed by atoms with Gasteiger partial charge in [0.2, 0.25) is 0 Å². The molecule has 0 aliphatic rings. The third kappa shape index (κ3) is 59.2. The summed E-state index contributed by atoms with van der Waals surface area (Å²) in [7, 11) is -5.39. The maximum absolute atomic E-state index is 8.55. The summed E-state index contributed by atoms with van der Waals surface area (Å²) in [5.74, 6) is 0. The third-order valence-corrected chi connectivity index (χ3v) is 0. The van der Waals surface area contributed by atoms with Gasteiger partial charge < -0.3 is 19.2 Å². The van der Waals surface area contributed by atoms with E-state index < -0.39 is 7.82 Å². The molecule has 0 heterocycles. The molecular formula is BaNbO4P+4. The Bertz CT molecular complexity index is 57.8. The minimum absolute atomic E-state index is 0. The number of phosphoric acid groups is 1. The Morgan fingerprint density at radius 1 is 1.14 bits per heavy atom. The van der Waals surface area contributed by atoms with Gasteiger partial charge in [-0.15, -0.1) is 0 Å². The predicted octanol–water partition coefficient (Wildman–Crippen LogP) is -3.21. The Labute approximate surface area is 96.5 Å². The van der Waals surface area contributed by atoms with E-state index in [9.17, 15) is 0 Å². The van der Waals surface area contributed by atoms with Crippen LogP contribution in [-0.4, -0.2) is 48.9 Å². The molecule has 0 aliphatic heterocycles. The second-order valence-electron chi connectivity index (χ2n) is 0.447. The van der Waals surface area contributed by atoms with E-state index in [0.717, 1.165) is 0 Å². The van der Waals surface area contributed by atoms with Crippen molar-refractivity contribution in [1.82, 2.24) is 0 Å². The maximum Gasteiger partial charge on any atom is 5.00 e. The molecule has 7 heteroatoms. The first-order chi connectivity index (χ1) is 2.00. The second kappa shape index (κ2) is 6.54. The van der Waals surface area contributed by atoms with E-state index >= 15 is 0 Å². The molecule has 0 N–H and O–H groups in total. The molecule has 0 aromatic heterocycles. The fraction of sp³-hybridized carbons (Fsp3) is 0. The van der Waals surface area contributed by atoms with Gasteiger partial charge in [-0.05, 0) is 0 Å². The van der Waals surface area contributed by atoms with E-state index in [4.69, 9.17) is 19.2 Å². The third-order valence-electron chi connectivity index (χ3n) is 0. The van der Waals surface area contributed by atoms with Crippen LogP contribution in [0.15, 0.2) is 0 Å². The smallest absolute Gasteiger partial charge is 0.822 e. The van der Waals surface area contributed by atoms with Gasteiger partial charge in [0.05, 0.1) is 0 Å². The topological polar surface area (TPSA) is 86.2 Å². The first kappa shape index (κ1) is 16.2. The Morgan fingerprint density at radius 2 is 1.14 bits per heavy atom. The van der Waals surface area contributed by atoms with Crippen molar-refractivity contribution in [3.63, 3.8) is 0 Å². The van der Waals surface area contributed by atoms with Gasteiger partial charge in [0, 0.05) is 0 Å². The summed E-state index contributed by atoms with van der Waals surface area (Å²) >= 11 is 0. The molecule has 0 aromatic rings. The molecule has 0 rings (SSSR count). The van der Waals surface area contributed by atoms with Gasteiger partial charge in [-0.2, -0.15) is 7.82 Å². The summed E-state index contributed by atoms with van der Waals surface area (Å²) in [5.41, 5.74) is 0. The van der Waals surface area contributed by atoms with Gasteiger partial charge in [0.25, 0.3) is 0 Å². The van der Waals surface area contributed by atoms with Crippen LogP contribution in [0.1, 0.15) is 0 Å². The van der Waals surface area contributed by atoms with Crippen LogP contribution in [0, 0.1) is 0 Å². The molecule has 0 atom stereocenters. The van der Waals surface area contributed by atoms with Crippen molar-refractivity contribution in [3.05, 3.63) is 0 Å². The van der Waals surface area contributed by atoms with Crippen LogP contribution in [0.2, 0.25) is 0 Å². The molecule has 0 unspecified atom stereocenters. The van der Waals surface area contributed by atoms with E-state index in [2.05, 4.69) is 0 Å². The SMILES string of the molecule is O=P([O-])([O-])[O-].[Ba+2].[Nb+5]. The van der Waals surface area contributed by atoms with Gasteiger partial charge >= 0.3 is 71.3 Å². The average Bonchev–Trinajstić information content (AvgIpc) is 0.722. The standard InChI is InChI=1S/Ba.Nb.H3O4P/c;;1-5(2,3)4/h;;(H3,1,2,3,4)/q+2;+5;/p-3. The van der Waals surface area contributed by atoms with Crippen molar-refractivity contribution in [2.45, 2.75) is 0 Å². The van der Waals surface area contributed by atoms with E-state index in [-0.39, 0.29) is 71.3 Å². The quantitative estimate of drug-likeness (QED) is 0.347. The maximum atomic E-state index is 8.55. The van der Waals surface area contributed by atoms with Crippen molar-refractivity contribution in [3.8, 4) is 0 Å². The molecule has 0 radical (unpaired) electrons. The summed E-state index contributed by atoms with van der Waals surface area (Å²) in [6.07, 6.45) is 0. The minimum Gasteiger partial charge on any atom is -0.822 e. The molecule has 0 amide bonds. The molecule has 0 saturated heterocycles. The normalized spacial score (nSPS) is 8.43. The number of hydrogen-bond acceptors (Lipinski definition) is 4. The van der Waals surface area contributed by atoms with Gasteiger partial charge in [0.15, 0.2) is 0 Å². The van der Waals surface area contributed by atoms with Crippen LogP contribution in [0.5, 0.6) is 0 Å². The van der Waals surface area contributed by atoms with Crippen molar-refractivity contribution < 1.29 is 41.6 Å². The van der Waals surface area contributed by atoms with E-state index in [1.165, 1.54) is 0 Å². The summed E-state index contributed by atoms with van der Waals surface area (Å²) in [5, 5.41) is 0. The first-order valence-electron chi connectivity index (χ1n) is 0.730.